The highest BCUT2D eigenvalue weighted by Gasteiger charge is 2.52. The summed E-state index contributed by atoms with van der Waals surface area (Å²) in [5, 5.41) is 0. The van der Waals surface area contributed by atoms with E-state index in [1.54, 1.807) is 33.1 Å². The number of hydrogen-bond donors (Lipinski definition) is 0. The average molecular weight is 280 g/mol. The number of hydrogen-bond acceptors (Lipinski definition) is 6. The van der Waals surface area contributed by atoms with E-state index in [2.05, 4.69) is 0 Å². The first-order chi connectivity index (χ1) is 8.08. The summed E-state index contributed by atoms with van der Waals surface area (Å²) in [6, 6.07) is 0.718. The summed E-state index contributed by atoms with van der Waals surface area (Å²) in [6.07, 6.45) is 1.62. The van der Waals surface area contributed by atoms with Crippen molar-refractivity contribution < 1.29 is 22.8 Å². The van der Waals surface area contributed by atoms with Crippen molar-refractivity contribution >= 4 is 26.5 Å². The van der Waals surface area contributed by atoms with E-state index >= 15 is 0 Å². The second-order valence-electron chi connectivity index (χ2n) is 3.92. The van der Waals surface area contributed by atoms with Gasteiger partial charge < -0.3 is 18.0 Å². The van der Waals surface area contributed by atoms with Gasteiger partial charge in [0.1, 0.15) is 4.75 Å². The van der Waals surface area contributed by atoms with Crippen molar-refractivity contribution in [1.29, 1.82) is 0 Å². The topological polar surface area (TPSA) is 54.0 Å². The summed E-state index contributed by atoms with van der Waals surface area (Å²) in [5.41, 5.74) is 0. The van der Waals surface area contributed by atoms with Crippen LogP contribution in [0.3, 0.4) is 0 Å². The molecular formula is C10H20O5SSi. The van der Waals surface area contributed by atoms with Crippen molar-refractivity contribution in [2.75, 3.05) is 34.2 Å². The van der Waals surface area contributed by atoms with Crippen molar-refractivity contribution in [3.63, 3.8) is 0 Å². The summed E-state index contributed by atoms with van der Waals surface area (Å²) in [4.78, 5) is 11.5. The molecule has 0 radical (unpaired) electrons. The largest absolute Gasteiger partial charge is 0.500 e. The lowest BCUT2D eigenvalue weighted by atomic mass is 10.1. The molecule has 0 spiro atoms. The lowest BCUT2D eigenvalue weighted by molar-refractivity contribution is -0.142. The van der Waals surface area contributed by atoms with Gasteiger partial charge in [0.25, 0.3) is 0 Å². The molecule has 0 aromatic heterocycles. The van der Waals surface area contributed by atoms with Crippen LogP contribution < -0.4 is 0 Å². The van der Waals surface area contributed by atoms with Crippen molar-refractivity contribution in [1.82, 2.24) is 0 Å². The van der Waals surface area contributed by atoms with Gasteiger partial charge >= 0.3 is 14.8 Å². The van der Waals surface area contributed by atoms with Crippen LogP contribution in [0.25, 0.3) is 0 Å². The maximum absolute atomic E-state index is 11.5. The molecule has 1 atom stereocenters. The molecule has 1 aliphatic heterocycles. The van der Waals surface area contributed by atoms with Gasteiger partial charge in [0.2, 0.25) is 0 Å². The summed E-state index contributed by atoms with van der Waals surface area (Å²) in [7, 11) is 3.73. The maximum Gasteiger partial charge on any atom is 0.500 e. The molecule has 0 amide bonds. The Bertz CT molecular complexity index is 257. The zero-order valence-electron chi connectivity index (χ0n) is 10.8. The van der Waals surface area contributed by atoms with Crippen LogP contribution in [0.5, 0.6) is 0 Å². The summed E-state index contributed by atoms with van der Waals surface area (Å²) in [6.45, 7) is 0. The van der Waals surface area contributed by atoms with E-state index in [9.17, 15) is 4.79 Å². The maximum atomic E-state index is 11.5. The van der Waals surface area contributed by atoms with Crippen LogP contribution in [0.1, 0.15) is 12.8 Å². The zero-order chi connectivity index (χ0) is 12.9. The minimum atomic E-state index is -2.50. The van der Waals surface area contributed by atoms with Crippen molar-refractivity contribution in [2.24, 2.45) is 0 Å². The highest BCUT2D eigenvalue weighted by Crippen LogP contribution is 2.49. The molecule has 1 unspecified atom stereocenters. The minimum absolute atomic E-state index is 0.123. The fraction of sp³-hybridized carbons (Fsp3) is 0.900. The average Bonchev–Trinajstić information content (AvgIpc) is 3.15. The van der Waals surface area contributed by atoms with Gasteiger partial charge in [0.05, 0.1) is 7.11 Å². The van der Waals surface area contributed by atoms with Crippen LogP contribution in [0.4, 0.5) is 0 Å². The van der Waals surface area contributed by atoms with Gasteiger partial charge in [-0.15, -0.1) is 11.8 Å². The van der Waals surface area contributed by atoms with Gasteiger partial charge in [-0.05, 0) is 12.8 Å². The predicted molar refractivity (Wildman–Crippen MR) is 68.0 cm³/mol. The Kier molecular flexibility index (Phi) is 5.45. The molecule has 1 saturated heterocycles. The Morgan fingerprint density at radius 1 is 1.24 bits per heavy atom. The van der Waals surface area contributed by atoms with Crippen molar-refractivity contribution in [3.05, 3.63) is 0 Å². The number of ether oxygens (including phenoxy) is 1. The van der Waals surface area contributed by atoms with Crippen LogP contribution in [0, 0.1) is 0 Å². The number of esters is 1. The molecule has 5 nitrogen and oxygen atoms in total. The Morgan fingerprint density at radius 2 is 1.76 bits per heavy atom. The molecule has 0 bridgehead atoms. The summed E-state index contributed by atoms with van der Waals surface area (Å²) >= 11 is 1.64. The van der Waals surface area contributed by atoms with Gasteiger partial charge in [-0.3, -0.25) is 4.79 Å². The quantitative estimate of drug-likeness (QED) is 0.379. The lowest BCUT2D eigenvalue weighted by Crippen LogP contribution is -2.42. The molecule has 17 heavy (non-hydrogen) atoms. The number of thioether (sulfide) groups is 1. The van der Waals surface area contributed by atoms with Gasteiger partial charge in [-0.25, -0.2) is 0 Å². The molecule has 1 heterocycles. The van der Waals surface area contributed by atoms with E-state index in [1.807, 2.05) is 0 Å². The third-order valence-corrected chi connectivity index (χ3v) is 7.24. The SMILES string of the molecule is COC(=O)C1(CCC[Si](OC)(OC)OC)CS1. The van der Waals surface area contributed by atoms with Gasteiger partial charge in [-0.2, -0.15) is 0 Å². The smallest absolute Gasteiger partial charge is 0.468 e. The molecule has 0 N–H and O–H groups in total. The van der Waals surface area contributed by atoms with E-state index < -0.39 is 8.80 Å². The lowest BCUT2D eigenvalue weighted by Gasteiger charge is -2.24. The number of rotatable bonds is 8. The molecule has 7 heteroatoms. The molecule has 1 aliphatic rings. The molecule has 1 fully saturated rings. The monoisotopic (exact) mass is 280 g/mol. The number of methoxy groups -OCH3 is 1. The zero-order valence-corrected chi connectivity index (χ0v) is 12.6. The molecule has 0 aromatic carbocycles. The van der Waals surface area contributed by atoms with Gasteiger partial charge in [0.15, 0.2) is 0 Å². The molecule has 1 rings (SSSR count). The van der Waals surface area contributed by atoms with Crippen molar-refractivity contribution in [2.45, 2.75) is 23.6 Å². The van der Waals surface area contributed by atoms with Crippen LogP contribution >= 0.6 is 11.8 Å². The first-order valence-electron chi connectivity index (χ1n) is 5.46. The van der Waals surface area contributed by atoms with E-state index in [1.165, 1.54) is 7.11 Å². The van der Waals surface area contributed by atoms with Crippen LogP contribution in [-0.4, -0.2) is 53.7 Å². The molecule has 100 valence electrons. The normalized spacial score (nSPS) is 23.5. The standard InChI is InChI=1S/C10H20O5SSi/c1-12-9(11)10(8-16-10)6-5-7-17(13-2,14-3)15-4/h5-8H2,1-4H3. The second-order valence-corrected chi connectivity index (χ2v) is 8.37. The fourth-order valence-electron chi connectivity index (χ4n) is 1.78. The fourth-order valence-corrected chi connectivity index (χ4v) is 4.43. The first kappa shape index (κ1) is 15.0. The van der Waals surface area contributed by atoms with E-state index in [-0.39, 0.29) is 10.7 Å². The van der Waals surface area contributed by atoms with Crippen LogP contribution in [0.2, 0.25) is 6.04 Å². The Balaban J connectivity index is 2.39. The highest BCUT2D eigenvalue weighted by atomic mass is 32.2. The first-order valence-corrected chi connectivity index (χ1v) is 8.37. The van der Waals surface area contributed by atoms with Gasteiger partial charge in [-0.1, -0.05) is 0 Å². The molecule has 0 saturated carbocycles. The highest BCUT2D eigenvalue weighted by molar-refractivity contribution is 8.08. The third-order valence-electron chi connectivity index (χ3n) is 3.05. The number of carbonyl (C=O) groups is 1. The van der Waals surface area contributed by atoms with E-state index in [0.717, 1.165) is 24.6 Å². The Hall–Kier alpha value is -0.0831. The summed E-state index contributed by atoms with van der Waals surface area (Å²) < 4.78 is 20.5. The molecular weight excluding hydrogens is 260 g/mol. The third kappa shape index (κ3) is 3.44. The Labute approximate surface area is 108 Å². The molecule has 0 aromatic rings. The van der Waals surface area contributed by atoms with Crippen LogP contribution in [0.15, 0.2) is 0 Å². The molecule has 0 aliphatic carbocycles. The van der Waals surface area contributed by atoms with Gasteiger partial charge in [0, 0.05) is 33.1 Å². The van der Waals surface area contributed by atoms with E-state index in [0.29, 0.717) is 0 Å². The van der Waals surface area contributed by atoms with Crippen molar-refractivity contribution in [3.8, 4) is 0 Å². The van der Waals surface area contributed by atoms with Crippen LogP contribution in [-0.2, 0) is 22.8 Å². The second kappa shape index (κ2) is 6.19. The predicted octanol–water partition coefficient (Wildman–Crippen LogP) is 1.30. The Morgan fingerprint density at radius 3 is 2.12 bits per heavy atom. The van der Waals surface area contributed by atoms with E-state index in [4.69, 9.17) is 18.0 Å². The number of carbonyl (C=O) groups excluding carboxylic acids is 1. The summed E-state index contributed by atoms with van der Waals surface area (Å²) in [5.74, 6) is 0.725. The minimum Gasteiger partial charge on any atom is -0.468 e.